The molecule has 0 bridgehead atoms. The van der Waals surface area contributed by atoms with Crippen LogP contribution < -0.4 is 10.6 Å². The van der Waals surface area contributed by atoms with E-state index >= 15 is 0 Å². The lowest BCUT2D eigenvalue weighted by molar-refractivity contribution is -0.122. The third kappa shape index (κ3) is 4.88. The number of nitrogens with zero attached hydrogens (tertiary/aromatic N) is 3. The second-order valence-electron chi connectivity index (χ2n) is 5.30. The number of hydrogen-bond acceptors (Lipinski definition) is 7. The van der Waals surface area contributed by atoms with Gasteiger partial charge in [-0.3, -0.25) is 14.5 Å². The number of carbonyl (C=O) groups excluding carboxylic acids is 1. The number of amides is 1. The van der Waals surface area contributed by atoms with Crippen molar-refractivity contribution in [1.29, 1.82) is 0 Å². The Kier molecular flexibility index (Phi) is 6.91. The van der Waals surface area contributed by atoms with Crippen molar-refractivity contribution in [3.8, 4) is 0 Å². The number of nitrogens with two attached hydrogens (primary N) is 1. The van der Waals surface area contributed by atoms with Crippen LogP contribution in [0.15, 0.2) is 18.3 Å². The average molecular weight is 338 g/mol. The van der Waals surface area contributed by atoms with Crippen LogP contribution in [0, 0.1) is 0 Å². The fourth-order valence-electron chi connectivity index (χ4n) is 2.71. The molecule has 0 spiro atoms. The highest BCUT2D eigenvalue weighted by atomic mass is 16.7. The molecule has 2 aliphatic heterocycles. The zero-order valence-corrected chi connectivity index (χ0v) is 13.3. The first kappa shape index (κ1) is 18.1. The smallest absolute Gasteiger partial charge is 0.290 e. The highest BCUT2D eigenvalue weighted by molar-refractivity contribution is 5.97. The molecule has 24 heavy (non-hydrogen) atoms. The highest BCUT2D eigenvalue weighted by Gasteiger charge is 2.25. The van der Waals surface area contributed by atoms with E-state index in [1.54, 1.807) is 18.3 Å². The molecule has 0 aromatic carbocycles. The van der Waals surface area contributed by atoms with Crippen LogP contribution in [0.4, 0.5) is 5.82 Å². The zero-order chi connectivity index (χ0) is 17.4. The summed E-state index contributed by atoms with van der Waals surface area (Å²) < 4.78 is 10.9. The Bertz CT molecular complexity index is 542. The second-order valence-corrected chi connectivity index (χ2v) is 5.30. The Morgan fingerprint density at radius 3 is 2.54 bits per heavy atom. The van der Waals surface area contributed by atoms with Crippen LogP contribution >= 0.6 is 0 Å². The third-order valence-electron chi connectivity index (χ3n) is 3.82. The van der Waals surface area contributed by atoms with Gasteiger partial charge in [0.2, 0.25) is 0 Å². The maximum Gasteiger partial charge on any atom is 0.290 e. The molecule has 2 aliphatic rings. The van der Waals surface area contributed by atoms with Gasteiger partial charge in [0.1, 0.15) is 5.82 Å². The standard InChI is InChI=1S/C14H20N4O3.CH2O2/c15-13(19)11-2-1-3-16-14(11)18-6-4-17(5-7-18)10-12-20-8-9-21-12;2-1-3/h1-3,12H,4-10H2,(H2,15,19);1H,(H,2,3). The van der Waals surface area contributed by atoms with Crippen molar-refractivity contribution in [3.63, 3.8) is 0 Å². The summed E-state index contributed by atoms with van der Waals surface area (Å²) in [5.74, 6) is 0.242. The Balaban J connectivity index is 0.000000647. The number of carbonyl (C=O) groups is 2. The summed E-state index contributed by atoms with van der Waals surface area (Å²) in [7, 11) is 0. The van der Waals surface area contributed by atoms with Crippen molar-refractivity contribution < 1.29 is 24.2 Å². The number of primary amides is 1. The van der Waals surface area contributed by atoms with Gasteiger partial charge in [-0.05, 0) is 12.1 Å². The molecule has 9 nitrogen and oxygen atoms in total. The molecule has 2 fully saturated rings. The molecule has 3 rings (SSSR count). The SMILES string of the molecule is NC(=O)c1cccnc1N1CCN(CC2OCCO2)CC1.O=CO. The van der Waals surface area contributed by atoms with E-state index in [1.807, 2.05) is 0 Å². The third-order valence-corrected chi connectivity index (χ3v) is 3.82. The van der Waals surface area contributed by atoms with Gasteiger partial charge in [0.15, 0.2) is 6.29 Å². The maximum absolute atomic E-state index is 11.5. The number of aromatic nitrogens is 1. The van der Waals surface area contributed by atoms with Gasteiger partial charge in [-0.25, -0.2) is 4.98 Å². The van der Waals surface area contributed by atoms with Crippen molar-refractivity contribution in [3.05, 3.63) is 23.9 Å². The summed E-state index contributed by atoms with van der Waals surface area (Å²) in [6, 6.07) is 3.45. The monoisotopic (exact) mass is 338 g/mol. The van der Waals surface area contributed by atoms with Crippen molar-refractivity contribution in [2.45, 2.75) is 6.29 Å². The van der Waals surface area contributed by atoms with Crippen LogP contribution in [0.5, 0.6) is 0 Å². The Morgan fingerprint density at radius 1 is 1.33 bits per heavy atom. The van der Waals surface area contributed by atoms with E-state index in [9.17, 15) is 4.79 Å². The molecule has 1 aromatic rings. The van der Waals surface area contributed by atoms with Gasteiger partial charge in [0.05, 0.1) is 18.8 Å². The lowest BCUT2D eigenvalue weighted by Crippen LogP contribution is -2.49. The van der Waals surface area contributed by atoms with Crippen molar-refractivity contribution in [2.75, 3.05) is 50.8 Å². The maximum atomic E-state index is 11.5. The van der Waals surface area contributed by atoms with E-state index in [2.05, 4.69) is 14.8 Å². The molecule has 0 atom stereocenters. The van der Waals surface area contributed by atoms with Gasteiger partial charge < -0.3 is 25.2 Å². The summed E-state index contributed by atoms with van der Waals surface area (Å²) in [5.41, 5.74) is 5.89. The quantitative estimate of drug-likeness (QED) is 0.697. The molecule has 9 heteroatoms. The lowest BCUT2D eigenvalue weighted by atomic mass is 10.2. The molecule has 1 aromatic heterocycles. The first-order valence-corrected chi connectivity index (χ1v) is 7.69. The zero-order valence-electron chi connectivity index (χ0n) is 13.3. The lowest BCUT2D eigenvalue weighted by Gasteiger charge is -2.36. The minimum Gasteiger partial charge on any atom is -0.483 e. The van der Waals surface area contributed by atoms with Crippen LogP contribution in [0.1, 0.15) is 10.4 Å². The van der Waals surface area contributed by atoms with Gasteiger partial charge >= 0.3 is 0 Å². The van der Waals surface area contributed by atoms with Crippen molar-refractivity contribution in [2.24, 2.45) is 5.73 Å². The molecule has 0 unspecified atom stereocenters. The Morgan fingerprint density at radius 2 is 1.96 bits per heavy atom. The topological polar surface area (TPSA) is 118 Å². The molecule has 0 aliphatic carbocycles. The van der Waals surface area contributed by atoms with Crippen LogP contribution in [-0.2, 0) is 14.3 Å². The number of pyridine rings is 1. The predicted octanol–water partition coefficient (Wildman–Crippen LogP) is -0.624. The van der Waals surface area contributed by atoms with E-state index in [0.717, 1.165) is 32.7 Å². The van der Waals surface area contributed by atoms with Crippen molar-refractivity contribution in [1.82, 2.24) is 9.88 Å². The summed E-state index contributed by atoms with van der Waals surface area (Å²) >= 11 is 0. The van der Waals surface area contributed by atoms with Gasteiger partial charge in [-0.1, -0.05) is 0 Å². The summed E-state index contributed by atoms with van der Waals surface area (Å²) in [5, 5.41) is 6.89. The molecular weight excluding hydrogens is 316 g/mol. The molecule has 0 saturated carbocycles. The normalized spacial score (nSPS) is 18.8. The second kappa shape index (κ2) is 9.16. The first-order valence-electron chi connectivity index (χ1n) is 7.69. The largest absolute Gasteiger partial charge is 0.483 e. The Labute approximate surface area is 139 Å². The molecule has 0 radical (unpaired) electrons. The first-order chi connectivity index (χ1) is 11.7. The van der Waals surface area contributed by atoms with Gasteiger partial charge in [-0.15, -0.1) is 0 Å². The van der Waals surface area contributed by atoms with Gasteiger partial charge in [-0.2, -0.15) is 0 Å². The number of anilines is 1. The highest BCUT2D eigenvalue weighted by Crippen LogP contribution is 2.19. The van der Waals surface area contributed by atoms with E-state index in [-0.39, 0.29) is 12.8 Å². The molecule has 3 N–H and O–H groups in total. The van der Waals surface area contributed by atoms with E-state index in [0.29, 0.717) is 24.6 Å². The molecule has 1 amide bonds. The van der Waals surface area contributed by atoms with Crippen LogP contribution in [0.25, 0.3) is 0 Å². The summed E-state index contributed by atoms with van der Waals surface area (Å²) in [6.45, 7) is 5.30. The predicted molar refractivity (Wildman–Crippen MR) is 85.8 cm³/mol. The number of carboxylic acid groups (broad SMARTS) is 1. The van der Waals surface area contributed by atoms with Crippen LogP contribution in [-0.4, -0.2) is 79.6 Å². The van der Waals surface area contributed by atoms with E-state index in [1.165, 1.54) is 0 Å². The van der Waals surface area contributed by atoms with Gasteiger partial charge in [0.25, 0.3) is 12.4 Å². The summed E-state index contributed by atoms with van der Waals surface area (Å²) in [4.78, 5) is 28.6. The minimum absolute atomic E-state index is 0.104. The Hall–Kier alpha value is -2.23. The number of rotatable bonds is 4. The van der Waals surface area contributed by atoms with Gasteiger partial charge in [0, 0.05) is 38.9 Å². The number of piperazine rings is 1. The van der Waals surface area contributed by atoms with Crippen LogP contribution in [0.2, 0.25) is 0 Å². The van der Waals surface area contributed by atoms with E-state index in [4.69, 9.17) is 25.1 Å². The molecule has 2 saturated heterocycles. The fraction of sp³-hybridized carbons (Fsp3) is 0.533. The van der Waals surface area contributed by atoms with Crippen molar-refractivity contribution >= 4 is 18.2 Å². The van der Waals surface area contributed by atoms with E-state index < -0.39 is 5.91 Å². The molecule has 132 valence electrons. The number of ether oxygens (including phenoxy) is 2. The number of hydrogen-bond donors (Lipinski definition) is 2. The average Bonchev–Trinajstić information content (AvgIpc) is 3.09. The van der Waals surface area contributed by atoms with Crippen LogP contribution in [0.3, 0.4) is 0 Å². The summed E-state index contributed by atoms with van der Waals surface area (Å²) in [6.07, 6.45) is 1.58. The molecule has 3 heterocycles. The molecular formula is C15H22N4O5. The fourth-order valence-corrected chi connectivity index (χ4v) is 2.71. The minimum atomic E-state index is -0.437.